The first-order chi connectivity index (χ1) is 12.6. The van der Waals surface area contributed by atoms with Crippen LogP contribution < -0.4 is 16.6 Å². The number of hydrogen-bond donors (Lipinski definition) is 3. The number of nitrogens with one attached hydrogen (secondary N) is 2. The largest absolute Gasteiger partial charge is 0.347 e. The summed E-state index contributed by atoms with van der Waals surface area (Å²) in [7, 11) is 0. The number of rotatable bonds is 4. The number of carbonyl (C=O) groups excluding carboxylic acids is 1. The fraction of sp³-hybridized carbons (Fsp3) is 0.111. The molecular weight excluding hydrogens is 332 g/mol. The second-order valence-electron chi connectivity index (χ2n) is 5.83. The van der Waals surface area contributed by atoms with E-state index in [1.165, 1.54) is 10.5 Å². The van der Waals surface area contributed by atoms with Crippen LogP contribution >= 0.6 is 0 Å². The molecule has 1 amide bonds. The van der Waals surface area contributed by atoms with E-state index >= 15 is 0 Å². The molecule has 0 fully saturated rings. The Bertz CT molecular complexity index is 1180. The number of aromatic nitrogens is 4. The number of amides is 1. The first-order valence-corrected chi connectivity index (χ1v) is 8.08. The number of aromatic amines is 1. The van der Waals surface area contributed by atoms with Gasteiger partial charge in [0.2, 0.25) is 0 Å². The molecule has 4 N–H and O–H groups in total. The number of nitrogens with zero attached hydrogens (tertiary/aromatic N) is 3. The molecule has 0 spiro atoms. The molecule has 0 bridgehead atoms. The number of carbonyl (C=O) groups is 1. The summed E-state index contributed by atoms with van der Waals surface area (Å²) in [5.41, 5.74) is 8.39. The van der Waals surface area contributed by atoms with Gasteiger partial charge in [0.05, 0.1) is 17.6 Å². The second-order valence-corrected chi connectivity index (χ2v) is 5.83. The molecule has 4 rings (SSSR count). The number of H-pyrrole nitrogens is 1. The third-order valence-corrected chi connectivity index (χ3v) is 4.05. The summed E-state index contributed by atoms with van der Waals surface area (Å²) < 4.78 is 1.39. The van der Waals surface area contributed by atoms with Crippen molar-refractivity contribution in [3.05, 3.63) is 76.1 Å². The van der Waals surface area contributed by atoms with Gasteiger partial charge in [0.25, 0.3) is 11.5 Å². The topological polar surface area (TPSA) is 118 Å². The lowest BCUT2D eigenvalue weighted by Gasteiger charge is -2.06. The zero-order valence-corrected chi connectivity index (χ0v) is 13.8. The van der Waals surface area contributed by atoms with Crippen molar-refractivity contribution >= 4 is 22.6 Å². The zero-order chi connectivity index (χ0) is 18.1. The highest BCUT2D eigenvalue weighted by molar-refractivity contribution is 5.92. The van der Waals surface area contributed by atoms with E-state index in [-0.39, 0.29) is 11.3 Å². The van der Waals surface area contributed by atoms with Gasteiger partial charge in [-0.05, 0) is 29.8 Å². The normalized spacial score (nSPS) is 11.1. The molecular formula is C18H16N6O2. The molecule has 3 aromatic heterocycles. The molecule has 0 radical (unpaired) electrons. The Morgan fingerprint density at radius 1 is 1.19 bits per heavy atom. The summed E-state index contributed by atoms with van der Waals surface area (Å²) in [5.74, 6) is 0.308. The Labute approximate surface area is 147 Å². The fourth-order valence-electron chi connectivity index (χ4n) is 2.76. The molecule has 4 aromatic rings. The van der Waals surface area contributed by atoms with Crippen molar-refractivity contribution in [2.24, 2.45) is 5.73 Å². The van der Waals surface area contributed by atoms with E-state index in [9.17, 15) is 9.59 Å². The highest BCUT2D eigenvalue weighted by atomic mass is 16.2. The molecule has 0 saturated heterocycles. The molecule has 1 aromatic carbocycles. The third kappa shape index (κ3) is 2.93. The first-order valence-electron chi connectivity index (χ1n) is 8.08. The van der Waals surface area contributed by atoms with Crippen molar-refractivity contribution < 1.29 is 4.79 Å². The monoisotopic (exact) mass is 348 g/mol. The van der Waals surface area contributed by atoms with Crippen molar-refractivity contribution in [2.45, 2.75) is 13.1 Å². The number of benzene rings is 1. The van der Waals surface area contributed by atoms with E-state index in [1.54, 1.807) is 24.4 Å². The van der Waals surface area contributed by atoms with Crippen LogP contribution in [0.2, 0.25) is 0 Å². The Hall–Kier alpha value is -3.52. The average Bonchev–Trinajstić information content (AvgIpc) is 3.08. The molecule has 8 heteroatoms. The predicted octanol–water partition coefficient (Wildman–Crippen LogP) is 0.959. The number of hydrogen-bond acceptors (Lipinski definition) is 5. The van der Waals surface area contributed by atoms with Gasteiger partial charge in [0, 0.05) is 18.8 Å². The van der Waals surface area contributed by atoms with Crippen molar-refractivity contribution in [3.63, 3.8) is 0 Å². The van der Waals surface area contributed by atoms with Gasteiger partial charge in [-0.3, -0.25) is 14.0 Å². The summed E-state index contributed by atoms with van der Waals surface area (Å²) in [6.07, 6.45) is 1.61. The lowest BCUT2D eigenvalue weighted by atomic mass is 10.2. The Balaban J connectivity index is 1.54. The molecule has 0 aliphatic heterocycles. The molecule has 0 unspecified atom stereocenters. The highest BCUT2D eigenvalue weighted by Crippen LogP contribution is 2.13. The van der Waals surface area contributed by atoms with Crippen molar-refractivity contribution in [1.82, 2.24) is 24.7 Å². The van der Waals surface area contributed by atoms with Crippen LogP contribution in [0, 0.1) is 0 Å². The minimum Gasteiger partial charge on any atom is -0.347 e. The summed E-state index contributed by atoms with van der Waals surface area (Å²) in [6, 6.07) is 12.1. The van der Waals surface area contributed by atoms with Gasteiger partial charge in [0.15, 0.2) is 0 Å². The molecule has 0 saturated carbocycles. The molecule has 0 aliphatic carbocycles. The van der Waals surface area contributed by atoms with Crippen LogP contribution in [-0.2, 0) is 13.1 Å². The van der Waals surface area contributed by atoms with Crippen LogP contribution in [0.4, 0.5) is 0 Å². The summed E-state index contributed by atoms with van der Waals surface area (Å²) in [5, 5.41) is 2.78. The average molecular weight is 348 g/mol. The van der Waals surface area contributed by atoms with E-state index in [4.69, 9.17) is 5.73 Å². The number of fused-ring (bicyclic) bond motifs is 2. The SMILES string of the molecule is NCc1nc2ccc(CNC(=O)c3cc(=O)n4ccccc4n3)cc2[nH]1. The summed E-state index contributed by atoms with van der Waals surface area (Å²) in [6.45, 7) is 0.644. The second kappa shape index (κ2) is 6.41. The van der Waals surface area contributed by atoms with Crippen molar-refractivity contribution in [1.29, 1.82) is 0 Å². The van der Waals surface area contributed by atoms with Crippen LogP contribution in [0.25, 0.3) is 16.7 Å². The van der Waals surface area contributed by atoms with Gasteiger partial charge < -0.3 is 16.0 Å². The van der Waals surface area contributed by atoms with Crippen LogP contribution in [0.15, 0.2) is 53.5 Å². The van der Waals surface area contributed by atoms with Crippen LogP contribution in [-0.4, -0.2) is 25.3 Å². The van der Waals surface area contributed by atoms with E-state index in [0.29, 0.717) is 24.6 Å². The van der Waals surface area contributed by atoms with Gasteiger partial charge in [0.1, 0.15) is 17.2 Å². The van der Waals surface area contributed by atoms with Gasteiger partial charge >= 0.3 is 0 Å². The summed E-state index contributed by atoms with van der Waals surface area (Å²) in [4.78, 5) is 36.1. The zero-order valence-electron chi connectivity index (χ0n) is 13.8. The Kier molecular flexibility index (Phi) is 3.94. The predicted molar refractivity (Wildman–Crippen MR) is 96.6 cm³/mol. The van der Waals surface area contributed by atoms with Gasteiger partial charge in [-0.15, -0.1) is 0 Å². The maximum absolute atomic E-state index is 12.4. The summed E-state index contributed by atoms with van der Waals surface area (Å²) >= 11 is 0. The third-order valence-electron chi connectivity index (χ3n) is 4.05. The molecule has 3 heterocycles. The maximum atomic E-state index is 12.4. The molecule has 0 aliphatic rings. The van der Waals surface area contributed by atoms with E-state index in [0.717, 1.165) is 16.6 Å². The minimum absolute atomic E-state index is 0.0919. The van der Waals surface area contributed by atoms with Gasteiger partial charge in [-0.1, -0.05) is 12.1 Å². The van der Waals surface area contributed by atoms with Crippen LogP contribution in [0.1, 0.15) is 21.9 Å². The smallest absolute Gasteiger partial charge is 0.270 e. The first kappa shape index (κ1) is 16.0. The lowest BCUT2D eigenvalue weighted by Crippen LogP contribution is -2.26. The van der Waals surface area contributed by atoms with Gasteiger partial charge in [-0.25, -0.2) is 9.97 Å². The Morgan fingerprint density at radius 3 is 2.92 bits per heavy atom. The highest BCUT2D eigenvalue weighted by Gasteiger charge is 2.11. The van der Waals surface area contributed by atoms with Crippen molar-refractivity contribution in [3.8, 4) is 0 Å². The maximum Gasteiger partial charge on any atom is 0.270 e. The van der Waals surface area contributed by atoms with E-state index in [1.807, 2.05) is 18.2 Å². The number of nitrogens with two attached hydrogens (primary N) is 1. The number of imidazole rings is 1. The van der Waals surface area contributed by atoms with Crippen molar-refractivity contribution in [2.75, 3.05) is 0 Å². The molecule has 0 atom stereocenters. The standard InChI is InChI=1S/C18H16N6O2/c19-9-15-21-12-5-4-11(7-13(12)22-15)10-20-18(26)14-8-17(25)24-6-2-1-3-16(24)23-14/h1-8H,9-10,19H2,(H,20,26)(H,21,22). The molecule has 8 nitrogen and oxygen atoms in total. The minimum atomic E-state index is -0.402. The molecule has 26 heavy (non-hydrogen) atoms. The van der Waals surface area contributed by atoms with E-state index < -0.39 is 5.91 Å². The van der Waals surface area contributed by atoms with Crippen LogP contribution in [0.3, 0.4) is 0 Å². The quantitative estimate of drug-likeness (QED) is 0.508. The van der Waals surface area contributed by atoms with Crippen LogP contribution in [0.5, 0.6) is 0 Å². The molecule has 130 valence electrons. The van der Waals surface area contributed by atoms with E-state index in [2.05, 4.69) is 20.3 Å². The lowest BCUT2D eigenvalue weighted by molar-refractivity contribution is 0.0946. The van der Waals surface area contributed by atoms with Gasteiger partial charge in [-0.2, -0.15) is 0 Å². The fourth-order valence-corrected chi connectivity index (χ4v) is 2.76. The Morgan fingerprint density at radius 2 is 2.08 bits per heavy atom. The number of pyridine rings is 1.